The first-order valence-corrected chi connectivity index (χ1v) is 8.32. The van der Waals surface area contributed by atoms with E-state index in [1.807, 2.05) is 0 Å². The lowest BCUT2D eigenvalue weighted by Crippen LogP contribution is -2.57. The lowest BCUT2D eigenvalue weighted by Gasteiger charge is -2.54. The van der Waals surface area contributed by atoms with Crippen LogP contribution in [0.2, 0.25) is 0 Å². The minimum Gasteiger partial charge on any atom is -0.190 e. The van der Waals surface area contributed by atoms with Gasteiger partial charge in [-0.05, 0) is 85.9 Å². The number of hydrogen-bond donors (Lipinski definition) is 0. The van der Waals surface area contributed by atoms with E-state index in [4.69, 9.17) is 10.2 Å². The fraction of sp³-hybridized carbons (Fsp3) is 1.00. The summed E-state index contributed by atoms with van der Waals surface area (Å²) in [6, 6.07) is 1.35. The highest BCUT2D eigenvalue weighted by Gasteiger charge is 2.67. The summed E-state index contributed by atoms with van der Waals surface area (Å²) >= 11 is 0. The standard InChI is InChI=1S/C16H22N2/c1-2-8-5-7(1)11-12(8)16-14-10-4-3-9(6-10)13(14)15(11)17-18-16/h7-16H,1-6H2/t7-,8-,9-,10-,11-,12+,13+,14+,15?,16?/m0/s1. The Kier molecular flexibility index (Phi) is 1.51. The second kappa shape index (κ2) is 2.86. The monoisotopic (exact) mass is 242 g/mol. The van der Waals surface area contributed by atoms with Crippen LogP contribution in [0.15, 0.2) is 10.2 Å². The van der Waals surface area contributed by atoms with Crippen LogP contribution < -0.4 is 0 Å². The molecule has 10 atom stereocenters. The molecular formula is C16H22N2. The zero-order chi connectivity index (χ0) is 11.4. The van der Waals surface area contributed by atoms with Crippen molar-refractivity contribution in [2.24, 2.45) is 57.6 Å². The van der Waals surface area contributed by atoms with E-state index in [1.54, 1.807) is 12.8 Å². The van der Waals surface area contributed by atoms with Crippen LogP contribution in [-0.4, -0.2) is 12.1 Å². The summed E-state index contributed by atoms with van der Waals surface area (Å²) in [5, 5.41) is 9.69. The first kappa shape index (κ1) is 9.50. The summed E-state index contributed by atoms with van der Waals surface area (Å²) in [4.78, 5) is 0. The van der Waals surface area contributed by atoms with Crippen molar-refractivity contribution in [3.63, 3.8) is 0 Å². The first-order chi connectivity index (χ1) is 8.92. The minimum atomic E-state index is 0.676. The highest BCUT2D eigenvalue weighted by atomic mass is 15.2. The van der Waals surface area contributed by atoms with E-state index in [1.165, 1.54) is 25.7 Å². The average Bonchev–Trinajstić information content (AvgIpc) is 3.19. The Bertz CT molecular complexity index is 372. The minimum absolute atomic E-state index is 0.676. The largest absolute Gasteiger partial charge is 0.190 e. The van der Waals surface area contributed by atoms with Gasteiger partial charge in [0, 0.05) is 0 Å². The zero-order valence-corrected chi connectivity index (χ0v) is 10.9. The van der Waals surface area contributed by atoms with E-state index < -0.39 is 0 Å². The van der Waals surface area contributed by atoms with Crippen molar-refractivity contribution in [2.75, 3.05) is 0 Å². The number of nitrogens with zero attached hydrogens (tertiary/aromatic N) is 2. The lowest BCUT2D eigenvalue weighted by atomic mass is 9.54. The number of rotatable bonds is 0. The molecule has 18 heavy (non-hydrogen) atoms. The molecule has 0 saturated heterocycles. The van der Waals surface area contributed by atoms with Crippen LogP contribution in [0.5, 0.6) is 0 Å². The van der Waals surface area contributed by atoms with Gasteiger partial charge in [-0.15, -0.1) is 0 Å². The van der Waals surface area contributed by atoms with Crippen LogP contribution in [-0.2, 0) is 0 Å². The Morgan fingerprint density at radius 1 is 0.500 bits per heavy atom. The smallest absolute Gasteiger partial charge is 0.0776 e. The van der Waals surface area contributed by atoms with Gasteiger partial charge in [0.2, 0.25) is 0 Å². The lowest BCUT2D eigenvalue weighted by molar-refractivity contribution is -0.0297. The van der Waals surface area contributed by atoms with Crippen LogP contribution in [0, 0.1) is 47.3 Å². The van der Waals surface area contributed by atoms with Gasteiger partial charge >= 0.3 is 0 Å². The molecule has 6 bridgehead atoms. The molecule has 2 aliphatic heterocycles. The normalized spacial score (nSPS) is 69.8. The summed E-state index contributed by atoms with van der Waals surface area (Å²) in [5.41, 5.74) is 0. The fourth-order valence-electron chi connectivity index (χ4n) is 7.76. The Morgan fingerprint density at radius 3 is 1.17 bits per heavy atom. The molecule has 0 aromatic carbocycles. The maximum absolute atomic E-state index is 4.85. The van der Waals surface area contributed by atoms with Crippen molar-refractivity contribution in [3.8, 4) is 0 Å². The molecule has 0 amide bonds. The molecule has 7 aliphatic rings. The topological polar surface area (TPSA) is 24.7 Å². The number of azo groups is 1. The van der Waals surface area contributed by atoms with Crippen molar-refractivity contribution in [1.82, 2.24) is 0 Å². The average molecular weight is 242 g/mol. The van der Waals surface area contributed by atoms with Crippen molar-refractivity contribution < 1.29 is 0 Å². The third kappa shape index (κ3) is 0.849. The second-order valence-electron chi connectivity index (χ2n) is 8.19. The third-order valence-corrected chi connectivity index (χ3v) is 8.00. The van der Waals surface area contributed by atoms with Crippen molar-refractivity contribution in [2.45, 2.75) is 50.6 Å². The van der Waals surface area contributed by atoms with Gasteiger partial charge in [-0.2, -0.15) is 10.2 Å². The molecule has 96 valence electrons. The molecule has 0 N–H and O–H groups in total. The molecule has 7 rings (SSSR count). The molecule has 0 aromatic rings. The number of fused-ring (bicyclic) bond motifs is 4. The van der Waals surface area contributed by atoms with Crippen molar-refractivity contribution in [3.05, 3.63) is 0 Å². The van der Waals surface area contributed by atoms with Gasteiger partial charge in [-0.1, -0.05) is 0 Å². The molecule has 0 radical (unpaired) electrons. The van der Waals surface area contributed by atoms with Gasteiger partial charge in [-0.25, -0.2) is 0 Å². The van der Waals surface area contributed by atoms with E-state index in [9.17, 15) is 0 Å². The highest BCUT2D eigenvalue weighted by Crippen LogP contribution is 2.69. The zero-order valence-electron chi connectivity index (χ0n) is 10.9. The maximum atomic E-state index is 4.85. The predicted octanol–water partition coefficient (Wildman–Crippen LogP) is 3.53. The summed E-state index contributed by atoms with van der Waals surface area (Å²) < 4.78 is 0. The van der Waals surface area contributed by atoms with E-state index in [2.05, 4.69) is 0 Å². The van der Waals surface area contributed by atoms with Crippen LogP contribution in [0.4, 0.5) is 0 Å². The SMILES string of the molecule is C1C[C@H]2C[C@H]1[C@H]1C3N=NC([C@H]21)[C@H]1[C@H]2CC[C@@H](C2)[C@@H]31. The van der Waals surface area contributed by atoms with Crippen molar-refractivity contribution in [1.29, 1.82) is 0 Å². The van der Waals surface area contributed by atoms with Crippen LogP contribution in [0.1, 0.15) is 38.5 Å². The molecule has 2 heteroatoms. The predicted molar refractivity (Wildman–Crippen MR) is 68.1 cm³/mol. The van der Waals surface area contributed by atoms with Gasteiger partial charge in [0.05, 0.1) is 12.1 Å². The van der Waals surface area contributed by atoms with E-state index in [0.717, 1.165) is 47.3 Å². The van der Waals surface area contributed by atoms with E-state index in [0.29, 0.717) is 12.1 Å². The van der Waals surface area contributed by atoms with Gasteiger partial charge in [-0.3, -0.25) is 0 Å². The molecule has 5 fully saturated rings. The quantitative estimate of drug-likeness (QED) is 0.621. The van der Waals surface area contributed by atoms with Gasteiger partial charge in [0.25, 0.3) is 0 Å². The Hall–Kier alpha value is -0.400. The van der Waals surface area contributed by atoms with Gasteiger partial charge in [0.1, 0.15) is 0 Å². The molecule has 2 nitrogen and oxygen atoms in total. The fourth-order valence-corrected chi connectivity index (χ4v) is 7.76. The van der Waals surface area contributed by atoms with Crippen LogP contribution in [0.25, 0.3) is 0 Å². The molecule has 0 aromatic heterocycles. The Morgan fingerprint density at radius 2 is 0.833 bits per heavy atom. The summed E-state index contributed by atoms with van der Waals surface area (Å²) in [7, 11) is 0. The molecular weight excluding hydrogens is 220 g/mol. The van der Waals surface area contributed by atoms with Gasteiger partial charge < -0.3 is 0 Å². The molecule has 2 unspecified atom stereocenters. The summed E-state index contributed by atoms with van der Waals surface area (Å²) in [5.74, 6) is 8.11. The van der Waals surface area contributed by atoms with Crippen LogP contribution in [0.3, 0.4) is 0 Å². The molecule has 2 heterocycles. The van der Waals surface area contributed by atoms with E-state index in [-0.39, 0.29) is 0 Å². The molecule has 5 aliphatic carbocycles. The molecule has 5 saturated carbocycles. The maximum Gasteiger partial charge on any atom is 0.0776 e. The first-order valence-electron chi connectivity index (χ1n) is 8.32. The summed E-state index contributed by atoms with van der Waals surface area (Å²) in [6.07, 6.45) is 9.18. The Labute approximate surface area is 109 Å². The summed E-state index contributed by atoms with van der Waals surface area (Å²) in [6.45, 7) is 0. The highest BCUT2D eigenvalue weighted by molar-refractivity contribution is 5.19. The number of hydrogen-bond acceptors (Lipinski definition) is 2. The van der Waals surface area contributed by atoms with E-state index >= 15 is 0 Å². The third-order valence-electron chi connectivity index (χ3n) is 8.00. The Balaban J connectivity index is 1.51. The molecule has 0 spiro atoms. The van der Waals surface area contributed by atoms with Crippen LogP contribution >= 0.6 is 0 Å². The second-order valence-corrected chi connectivity index (χ2v) is 8.19. The van der Waals surface area contributed by atoms with Crippen molar-refractivity contribution >= 4 is 0 Å². The van der Waals surface area contributed by atoms with Gasteiger partial charge in [0.15, 0.2) is 0 Å².